The fraction of sp³-hybridized carbons (Fsp3) is 0.333. The lowest BCUT2D eigenvalue weighted by atomic mass is 9.93. The SMILES string of the molecule is CC(=O)N1C=Cc2ccccc2[C@H]1CC(=O)NN(C)C. The van der Waals surface area contributed by atoms with Crippen molar-refractivity contribution in [3.63, 3.8) is 0 Å². The van der Waals surface area contributed by atoms with E-state index < -0.39 is 0 Å². The monoisotopic (exact) mass is 273 g/mol. The predicted octanol–water partition coefficient (Wildman–Crippen LogP) is 1.54. The van der Waals surface area contributed by atoms with Gasteiger partial charge in [0.25, 0.3) is 0 Å². The Morgan fingerprint density at radius 2 is 2.00 bits per heavy atom. The minimum Gasteiger partial charge on any atom is -0.311 e. The van der Waals surface area contributed by atoms with Gasteiger partial charge in [-0.1, -0.05) is 24.3 Å². The molecule has 0 aliphatic carbocycles. The Labute approximate surface area is 118 Å². The van der Waals surface area contributed by atoms with Crippen molar-refractivity contribution in [2.75, 3.05) is 14.1 Å². The summed E-state index contributed by atoms with van der Waals surface area (Å²) in [5, 5.41) is 1.60. The van der Waals surface area contributed by atoms with Crippen LogP contribution in [0.3, 0.4) is 0 Å². The molecule has 106 valence electrons. The van der Waals surface area contributed by atoms with Gasteiger partial charge in [0.2, 0.25) is 11.8 Å². The first-order chi connectivity index (χ1) is 9.49. The van der Waals surface area contributed by atoms with Gasteiger partial charge in [-0.05, 0) is 17.2 Å². The summed E-state index contributed by atoms with van der Waals surface area (Å²) >= 11 is 0. The fourth-order valence-electron chi connectivity index (χ4n) is 2.38. The molecule has 0 unspecified atom stereocenters. The summed E-state index contributed by atoms with van der Waals surface area (Å²) in [5.74, 6) is -0.185. The van der Waals surface area contributed by atoms with Crippen molar-refractivity contribution in [1.82, 2.24) is 15.3 Å². The number of carbonyl (C=O) groups is 2. The lowest BCUT2D eigenvalue weighted by Gasteiger charge is -2.32. The van der Waals surface area contributed by atoms with Crippen LogP contribution in [0, 0.1) is 0 Å². The molecule has 0 saturated heterocycles. The molecule has 1 atom stereocenters. The van der Waals surface area contributed by atoms with Crippen LogP contribution >= 0.6 is 0 Å². The van der Waals surface area contributed by atoms with Crippen molar-refractivity contribution in [2.24, 2.45) is 0 Å². The third-order valence-corrected chi connectivity index (χ3v) is 3.20. The second kappa shape index (κ2) is 5.88. The van der Waals surface area contributed by atoms with Gasteiger partial charge in [-0.2, -0.15) is 0 Å². The summed E-state index contributed by atoms with van der Waals surface area (Å²) in [7, 11) is 3.52. The number of nitrogens with one attached hydrogen (secondary N) is 1. The van der Waals surface area contributed by atoms with Gasteiger partial charge >= 0.3 is 0 Å². The van der Waals surface area contributed by atoms with Crippen LogP contribution in [0.25, 0.3) is 6.08 Å². The van der Waals surface area contributed by atoms with Gasteiger partial charge in [-0.25, -0.2) is 5.01 Å². The molecule has 1 aromatic rings. The highest BCUT2D eigenvalue weighted by Gasteiger charge is 2.28. The summed E-state index contributed by atoms with van der Waals surface area (Å²) < 4.78 is 0. The van der Waals surface area contributed by atoms with Crippen molar-refractivity contribution in [3.05, 3.63) is 41.6 Å². The fourth-order valence-corrected chi connectivity index (χ4v) is 2.38. The molecule has 1 aliphatic heterocycles. The van der Waals surface area contributed by atoms with E-state index >= 15 is 0 Å². The Balaban J connectivity index is 2.28. The maximum atomic E-state index is 12.0. The molecule has 0 saturated carbocycles. The van der Waals surface area contributed by atoms with E-state index in [1.54, 1.807) is 30.2 Å². The molecule has 2 rings (SSSR count). The zero-order valence-corrected chi connectivity index (χ0v) is 12.0. The standard InChI is InChI=1S/C15H19N3O2/c1-11(19)18-9-8-12-6-4-5-7-13(12)14(18)10-15(20)16-17(2)3/h4-9,14H,10H2,1-3H3,(H,16,20)/t14-/m1/s1. The molecule has 1 heterocycles. The largest absolute Gasteiger partial charge is 0.311 e. The zero-order valence-electron chi connectivity index (χ0n) is 12.0. The number of hydrazine groups is 1. The number of fused-ring (bicyclic) bond motifs is 1. The number of nitrogens with zero attached hydrogens (tertiary/aromatic N) is 2. The Hall–Kier alpha value is -2.14. The first-order valence-electron chi connectivity index (χ1n) is 6.52. The Morgan fingerprint density at radius 1 is 1.30 bits per heavy atom. The van der Waals surface area contributed by atoms with Gasteiger partial charge in [-0.15, -0.1) is 0 Å². The van der Waals surface area contributed by atoms with Crippen LogP contribution in [0.1, 0.15) is 30.5 Å². The van der Waals surface area contributed by atoms with E-state index in [0.717, 1.165) is 11.1 Å². The highest BCUT2D eigenvalue weighted by molar-refractivity contribution is 5.81. The van der Waals surface area contributed by atoms with Crippen LogP contribution in [0.15, 0.2) is 30.5 Å². The quantitative estimate of drug-likeness (QED) is 0.850. The maximum Gasteiger partial charge on any atom is 0.236 e. The van der Waals surface area contributed by atoms with Gasteiger partial charge in [0, 0.05) is 27.2 Å². The molecule has 1 aliphatic rings. The van der Waals surface area contributed by atoms with Crippen molar-refractivity contribution in [2.45, 2.75) is 19.4 Å². The molecule has 0 spiro atoms. The molecule has 5 heteroatoms. The van der Waals surface area contributed by atoms with Crippen molar-refractivity contribution >= 4 is 17.9 Å². The summed E-state index contributed by atoms with van der Waals surface area (Å²) in [4.78, 5) is 25.3. The van der Waals surface area contributed by atoms with E-state index in [2.05, 4.69) is 5.43 Å². The number of carbonyl (C=O) groups excluding carboxylic acids is 2. The van der Waals surface area contributed by atoms with Gasteiger partial charge in [0.15, 0.2) is 0 Å². The van der Waals surface area contributed by atoms with Crippen LogP contribution in [-0.2, 0) is 9.59 Å². The molecule has 20 heavy (non-hydrogen) atoms. The van der Waals surface area contributed by atoms with E-state index in [9.17, 15) is 9.59 Å². The Kier molecular flexibility index (Phi) is 4.20. The van der Waals surface area contributed by atoms with Crippen LogP contribution in [0.2, 0.25) is 0 Å². The number of hydrogen-bond acceptors (Lipinski definition) is 3. The van der Waals surface area contributed by atoms with E-state index in [1.165, 1.54) is 6.92 Å². The van der Waals surface area contributed by atoms with Gasteiger partial charge in [0.05, 0.1) is 12.5 Å². The smallest absolute Gasteiger partial charge is 0.236 e. The molecule has 2 amide bonds. The molecule has 0 radical (unpaired) electrons. The second-order valence-electron chi connectivity index (χ2n) is 5.02. The number of amides is 2. The van der Waals surface area contributed by atoms with Gasteiger partial charge in [-0.3, -0.25) is 15.0 Å². The maximum absolute atomic E-state index is 12.0. The van der Waals surface area contributed by atoms with Crippen LogP contribution in [0.5, 0.6) is 0 Å². The molecular weight excluding hydrogens is 254 g/mol. The third-order valence-electron chi connectivity index (χ3n) is 3.20. The average Bonchev–Trinajstić information content (AvgIpc) is 2.37. The minimum atomic E-state index is -0.256. The molecule has 1 aromatic carbocycles. The first-order valence-corrected chi connectivity index (χ1v) is 6.52. The third kappa shape index (κ3) is 3.05. The molecule has 0 fully saturated rings. The van der Waals surface area contributed by atoms with Crippen molar-refractivity contribution < 1.29 is 9.59 Å². The lowest BCUT2D eigenvalue weighted by Crippen LogP contribution is -2.40. The normalized spacial score (nSPS) is 17.0. The van der Waals surface area contributed by atoms with Gasteiger partial charge < -0.3 is 4.90 Å². The predicted molar refractivity (Wildman–Crippen MR) is 77.2 cm³/mol. The number of hydrogen-bond donors (Lipinski definition) is 1. The highest BCUT2D eigenvalue weighted by Crippen LogP contribution is 2.32. The number of benzene rings is 1. The summed E-state index contributed by atoms with van der Waals surface area (Å²) in [5.41, 5.74) is 4.76. The van der Waals surface area contributed by atoms with E-state index in [-0.39, 0.29) is 24.3 Å². The molecular formula is C15H19N3O2. The van der Waals surface area contributed by atoms with E-state index in [4.69, 9.17) is 0 Å². The second-order valence-corrected chi connectivity index (χ2v) is 5.02. The Bertz CT molecular complexity index is 552. The topological polar surface area (TPSA) is 52.7 Å². The minimum absolute atomic E-state index is 0.0709. The van der Waals surface area contributed by atoms with Crippen molar-refractivity contribution in [3.8, 4) is 0 Å². The molecule has 0 bridgehead atoms. The van der Waals surface area contributed by atoms with E-state index in [0.29, 0.717) is 0 Å². The molecule has 1 N–H and O–H groups in total. The highest BCUT2D eigenvalue weighted by atomic mass is 16.2. The van der Waals surface area contributed by atoms with Gasteiger partial charge in [0.1, 0.15) is 0 Å². The lowest BCUT2D eigenvalue weighted by molar-refractivity contribution is -0.131. The summed E-state index contributed by atoms with van der Waals surface area (Å²) in [6.07, 6.45) is 3.88. The van der Waals surface area contributed by atoms with Crippen molar-refractivity contribution in [1.29, 1.82) is 0 Å². The molecule has 5 nitrogen and oxygen atoms in total. The first kappa shape index (κ1) is 14.3. The summed E-state index contributed by atoms with van der Waals surface area (Å²) in [6.45, 7) is 1.51. The zero-order chi connectivity index (χ0) is 14.7. The molecule has 0 aromatic heterocycles. The van der Waals surface area contributed by atoms with Crippen LogP contribution < -0.4 is 5.43 Å². The average molecular weight is 273 g/mol. The summed E-state index contributed by atoms with van der Waals surface area (Å²) in [6, 6.07) is 7.56. The van der Waals surface area contributed by atoms with Crippen LogP contribution in [-0.4, -0.2) is 35.8 Å². The van der Waals surface area contributed by atoms with E-state index in [1.807, 2.05) is 30.3 Å². The van der Waals surface area contributed by atoms with Crippen LogP contribution in [0.4, 0.5) is 0 Å². The Morgan fingerprint density at radius 3 is 2.65 bits per heavy atom. The number of rotatable bonds is 3.